The van der Waals surface area contributed by atoms with Crippen molar-refractivity contribution in [1.29, 1.82) is 0 Å². The minimum atomic E-state index is 0.171. The van der Waals surface area contributed by atoms with Crippen LogP contribution in [0.5, 0.6) is 0 Å². The highest BCUT2D eigenvalue weighted by molar-refractivity contribution is 7.08. The second-order valence-electron chi connectivity index (χ2n) is 6.91. The van der Waals surface area contributed by atoms with Gasteiger partial charge in [-0.1, -0.05) is 30.3 Å². The van der Waals surface area contributed by atoms with Crippen LogP contribution in [0, 0.1) is 5.92 Å². The number of hydrogen-bond donors (Lipinski definition) is 0. The third kappa shape index (κ3) is 3.78. The molecule has 2 aromatic rings. The highest BCUT2D eigenvalue weighted by Crippen LogP contribution is 2.27. The average Bonchev–Trinajstić information content (AvgIpc) is 3.12. The van der Waals surface area contributed by atoms with Gasteiger partial charge in [-0.3, -0.25) is 9.69 Å². The van der Waals surface area contributed by atoms with E-state index in [-0.39, 0.29) is 5.91 Å². The van der Waals surface area contributed by atoms with Crippen LogP contribution in [-0.2, 0) is 11.3 Å². The van der Waals surface area contributed by atoms with Crippen molar-refractivity contribution in [3.8, 4) is 0 Å². The van der Waals surface area contributed by atoms with Gasteiger partial charge in [0.25, 0.3) is 5.91 Å². The lowest BCUT2D eigenvalue weighted by molar-refractivity contribution is 0.0371. The molecule has 1 aromatic carbocycles. The van der Waals surface area contributed by atoms with Crippen LogP contribution in [0.3, 0.4) is 0 Å². The van der Waals surface area contributed by atoms with E-state index in [2.05, 4.69) is 35.2 Å². The molecule has 5 heteroatoms. The normalized spacial score (nSPS) is 24.6. The van der Waals surface area contributed by atoms with E-state index in [4.69, 9.17) is 4.74 Å². The molecule has 0 aliphatic carbocycles. The Morgan fingerprint density at radius 1 is 1.20 bits per heavy atom. The first-order valence-corrected chi connectivity index (χ1v) is 9.93. The molecule has 2 saturated heterocycles. The van der Waals surface area contributed by atoms with Gasteiger partial charge in [-0.05, 0) is 23.4 Å². The lowest BCUT2D eigenvalue weighted by atomic mass is 9.90. The van der Waals surface area contributed by atoms with Crippen LogP contribution in [0.4, 0.5) is 0 Å². The molecule has 4 nitrogen and oxygen atoms in total. The third-order valence-corrected chi connectivity index (χ3v) is 6.01. The Morgan fingerprint density at radius 2 is 2.08 bits per heavy atom. The molecule has 2 aliphatic heterocycles. The summed E-state index contributed by atoms with van der Waals surface area (Å²) in [5, 5.41) is 3.92. The van der Waals surface area contributed by atoms with E-state index in [1.54, 1.807) is 11.3 Å². The second-order valence-corrected chi connectivity index (χ2v) is 7.69. The molecule has 3 heterocycles. The number of benzene rings is 1. The number of fused-ring (bicyclic) bond motifs is 1. The van der Waals surface area contributed by atoms with E-state index < -0.39 is 0 Å². The molecule has 2 atom stereocenters. The summed E-state index contributed by atoms with van der Waals surface area (Å²) in [4.78, 5) is 17.3. The van der Waals surface area contributed by atoms with Crippen molar-refractivity contribution in [2.24, 2.45) is 5.92 Å². The summed E-state index contributed by atoms with van der Waals surface area (Å²) < 4.78 is 5.86. The average molecular weight is 356 g/mol. The zero-order valence-corrected chi connectivity index (χ0v) is 15.2. The maximum atomic E-state index is 12.8. The second kappa shape index (κ2) is 7.68. The standard InChI is InChI=1S/C20H24N2O2S/c23-20(18-7-11-25-15-18)22-8-6-17-14-24-10-9-21(19(17)13-22)12-16-4-2-1-3-5-16/h1-5,7,11,15,17,19H,6,8-10,12-14H2/t17-,19-/m1/s1. The number of amides is 1. The Hall–Kier alpha value is -1.69. The van der Waals surface area contributed by atoms with Crippen molar-refractivity contribution in [2.45, 2.75) is 19.0 Å². The van der Waals surface area contributed by atoms with Gasteiger partial charge in [-0.15, -0.1) is 0 Å². The van der Waals surface area contributed by atoms with Gasteiger partial charge in [0, 0.05) is 43.5 Å². The minimum Gasteiger partial charge on any atom is -0.380 e. The fourth-order valence-electron chi connectivity index (χ4n) is 3.94. The molecule has 0 N–H and O–H groups in total. The molecule has 0 bridgehead atoms. The van der Waals surface area contributed by atoms with E-state index in [0.717, 1.165) is 51.4 Å². The molecule has 132 valence electrons. The molecule has 1 aromatic heterocycles. The Bertz CT molecular complexity index is 689. The number of ether oxygens (including phenoxy) is 1. The molecular weight excluding hydrogens is 332 g/mol. The first-order chi connectivity index (χ1) is 12.3. The zero-order chi connectivity index (χ0) is 17.1. The molecule has 0 saturated carbocycles. The summed E-state index contributed by atoms with van der Waals surface area (Å²) in [6.07, 6.45) is 1.02. The number of thiophene rings is 1. The van der Waals surface area contributed by atoms with Gasteiger partial charge in [0.2, 0.25) is 0 Å². The molecule has 25 heavy (non-hydrogen) atoms. The van der Waals surface area contributed by atoms with Gasteiger partial charge >= 0.3 is 0 Å². The Kier molecular flexibility index (Phi) is 5.15. The van der Waals surface area contributed by atoms with Crippen LogP contribution in [-0.4, -0.2) is 54.6 Å². The van der Waals surface area contributed by atoms with E-state index in [9.17, 15) is 4.79 Å². The van der Waals surface area contributed by atoms with E-state index in [1.807, 2.05) is 21.7 Å². The van der Waals surface area contributed by atoms with E-state index >= 15 is 0 Å². The van der Waals surface area contributed by atoms with Crippen molar-refractivity contribution >= 4 is 17.2 Å². The lowest BCUT2D eigenvalue weighted by Crippen LogP contribution is -2.54. The Balaban J connectivity index is 1.51. The number of carbonyl (C=O) groups is 1. The highest BCUT2D eigenvalue weighted by atomic mass is 32.1. The van der Waals surface area contributed by atoms with Crippen LogP contribution >= 0.6 is 11.3 Å². The molecule has 1 amide bonds. The summed E-state index contributed by atoms with van der Waals surface area (Å²) in [7, 11) is 0. The van der Waals surface area contributed by atoms with Gasteiger partial charge in [-0.2, -0.15) is 11.3 Å². The summed E-state index contributed by atoms with van der Waals surface area (Å²) >= 11 is 1.58. The van der Waals surface area contributed by atoms with Crippen molar-refractivity contribution in [1.82, 2.24) is 9.80 Å². The lowest BCUT2D eigenvalue weighted by Gasteiger charge is -2.42. The number of hydrogen-bond acceptors (Lipinski definition) is 4. The topological polar surface area (TPSA) is 32.8 Å². The van der Waals surface area contributed by atoms with E-state index in [1.165, 1.54) is 5.56 Å². The predicted molar refractivity (Wildman–Crippen MR) is 99.8 cm³/mol. The number of rotatable bonds is 3. The van der Waals surface area contributed by atoms with Crippen molar-refractivity contribution < 1.29 is 9.53 Å². The van der Waals surface area contributed by atoms with Gasteiger partial charge in [0.05, 0.1) is 18.8 Å². The predicted octanol–water partition coefficient (Wildman–Crippen LogP) is 3.11. The maximum absolute atomic E-state index is 12.8. The van der Waals surface area contributed by atoms with Crippen molar-refractivity contribution in [3.05, 3.63) is 58.3 Å². The zero-order valence-electron chi connectivity index (χ0n) is 14.3. The van der Waals surface area contributed by atoms with Crippen LogP contribution < -0.4 is 0 Å². The van der Waals surface area contributed by atoms with Crippen LogP contribution in [0.25, 0.3) is 0 Å². The fourth-order valence-corrected chi connectivity index (χ4v) is 4.57. The van der Waals surface area contributed by atoms with Crippen molar-refractivity contribution in [2.75, 3.05) is 32.8 Å². The Morgan fingerprint density at radius 3 is 2.88 bits per heavy atom. The molecule has 4 rings (SSSR count). The van der Waals surface area contributed by atoms with E-state index in [0.29, 0.717) is 12.0 Å². The smallest absolute Gasteiger partial charge is 0.254 e. The summed E-state index contributed by atoms with van der Waals surface area (Å²) in [5.74, 6) is 0.683. The molecular formula is C20H24N2O2S. The van der Waals surface area contributed by atoms with Gasteiger partial charge in [0.1, 0.15) is 0 Å². The van der Waals surface area contributed by atoms with Gasteiger partial charge in [-0.25, -0.2) is 0 Å². The molecule has 0 radical (unpaired) electrons. The number of nitrogens with zero attached hydrogens (tertiary/aromatic N) is 2. The molecule has 2 fully saturated rings. The molecule has 2 aliphatic rings. The largest absolute Gasteiger partial charge is 0.380 e. The van der Waals surface area contributed by atoms with Gasteiger partial charge < -0.3 is 9.64 Å². The summed E-state index contributed by atoms with van der Waals surface area (Å²) in [6.45, 7) is 5.07. The van der Waals surface area contributed by atoms with Crippen molar-refractivity contribution in [3.63, 3.8) is 0 Å². The highest BCUT2D eigenvalue weighted by Gasteiger charge is 2.37. The molecule has 0 unspecified atom stereocenters. The first kappa shape index (κ1) is 16.8. The maximum Gasteiger partial charge on any atom is 0.254 e. The van der Waals surface area contributed by atoms with Crippen LogP contribution in [0.15, 0.2) is 47.2 Å². The Labute approximate surface area is 153 Å². The summed E-state index contributed by atoms with van der Waals surface area (Å²) in [6, 6.07) is 12.9. The van der Waals surface area contributed by atoms with Crippen LogP contribution in [0.1, 0.15) is 22.3 Å². The first-order valence-electron chi connectivity index (χ1n) is 8.98. The monoisotopic (exact) mass is 356 g/mol. The van der Waals surface area contributed by atoms with Crippen LogP contribution in [0.2, 0.25) is 0 Å². The fraction of sp³-hybridized carbons (Fsp3) is 0.450. The SMILES string of the molecule is O=C(c1ccsc1)N1CC[C@@H]2COCCN(Cc3ccccc3)[C@@H]2C1. The number of carbonyl (C=O) groups excluding carboxylic acids is 1. The van der Waals surface area contributed by atoms with Gasteiger partial charge in [0.15, 0.2) is 0 Å². The third-order valence-electron chi connectivity index (χ3n) is 5.33. The number of piperidine rings is 1. The number of likely N-dealkylation sites (tertiary alicyclic amines) is 1. The summed E-state index contributed by atoms with van der Waals surface area (Å²) in [5.41, 5.74) is 2.15. The molecule has 0 spiro atoms. The quantitative estimate of drug-likeness (QED) is 0.847. The minimum absolute atomic E-state index is 0.171.